The Balaban J connectivity index is 2.02. The maximum absolute atomic E-state index is 9.32. The highest BCUT2D eigenvalue weighted by atomic mass is 16.3. The number of phenols is 1. The van der Waals surface area contributed by atoms with Gasteiger partial charge in [0.15, 0.2) is 0 Å². The third-order valence-corrected chi connectivity index (χ3v) is 4.35. The lowest BCUT2D eigenvalue weighted by Gasteiger charge is -2.40. The summed E-state index contributed by atoms with van der Waals surface area (Å²) in [7, 11) is 0. The Morgan fingerprint density at radius 2 is 1.89 bits per heavy atom. The van der Waals surface area contributed by atoms with E-state index in [0.29, 0.717) is 23.2 Å². The molecule has 1 aromatic carbocycles. The third kappa shape index (κ3) is 3.05. The second-order valence-corrected chi connectivity index (χ2v) is 6.27. The first kappa shape index (κ1) is 13.4. The van der Waals surface area contributed by atoms with Gasteiger partial charge < -0.3 is 10.4 Å². The molecule has 0 amide bonds. The van der Waals surface area contributed by atoms with E-state index in [1.807, 2.05) is 12.1 Å². The number of nitrogens with one attached hydrogen (secondary N) is 1. The number of hydrogen-bond donors (Lipinski definition) is 2. The van der Waals surface area contributed by atoms with Crippen LogP contribution in [0.5, 0.6) is 5.75 Å². The van der Waals surface area contributed by atoms with E-state index in [1.165, 1.54) is 31.2 Å². The zero-order valence-electron chi connectivity index (χ0n) is 11.7. The molecule has 1 aliphatic carbocycles. The topological polar surface area (TPSA) is 32.3 Å². The van der Waals surface area contributed by atoms with Crippen LogP contribution in [0.1, 0.15) is 58.1 Å². The van der Waals surface area contributed by atoms with Crippen molar-refractivity contribution in [1.82, 2.24) is 5.32 Å². The van der Waals surface area contributed by atoms with Crippen LogP contribution in [0.15, 0.2) is 24.3 Å². The van der Waals surface area contributed by atoms with Crippen LogP contribution in [-0.4, -0.2) is 11.1 Å². The van der Waals surface area contributed by atoms with E-state index < -0.39 is 0 Å². The molecule has 2 atom stereocenters. The van der Waals surface area contributed by atoms with Crippen molar-refractivity contribution in [2.75, 3.05) is 0 Å². The minimum atomic E-state index is 0.337. The Labute approximate surface area is 110 Å². The van der Waals surface area contributed by atoms with Gasteiger partial charge in [-0.3, -0.25) is 0 Å². The second-order valence-electron chi connectivity index (χ2n) is 6.27. The van der Waals surface area contributed by atoms with Gasteiger partial charge in [-0.25, -0.2) is 0 Å². The summed E-state index contributed by atoms with van der Waals surface area (Å²) in [5.41, 5.74) is 1.64. The number of aromatic hydroxyl groups is 1. The summed E-state index contributed by atoms with van der Waals surface area (Å²) < 4.78 is 0. The summed E-state index contributed by atoms with van der Waals surface area (Å²) in [6.07, 6.45) is 5.28. The first-order valence-electron chi connectivity index (χ1n) is 7.04. The van der Waals surface area contributed by atoms with E-state index in [2.05, 4.69) is 26.1 Å². The Kier molecular flexibility index (Phi) is 3.96. The van der Waals surface area contributed by atoms with Crippen molar-refractivity contribution in [1.29, 1.82) is 0 Å². The van der Waals surface area contributed by atoms with E-state index >= 15 is 0 Å². The van der Waals surface area contributed by atoms with Gasteiger partial charge in [0.05, 0.1) is 0 Å². The van der Waals surface area contributed by atoms with Crippen molar-refractivity contribution in [2.45, 2.75) is 58.5 Å². The third-order valence-electron chi connectivity index (χ3n) is 4.35. The molecule has 0 bridgehead atoms. The molecule has 0 aliphatic heterocycles. The van der Waals surface area contributed by atoms with Crippen LogP contribution >= 0.6 is 0 Å². The van der Waals surface area contributed by atoms with Crippen molar-refractivity contribution in [2.24, 2.45) is 5.41 Å². The fourth-order valence-corrected chi connectivity index (χ4v) is 2.96. The molecule has 2 unspecified atom stereocenters. The van der Waals surface area contributed by atoms with Crippen molar-refractivity contribution >= 4 is 0 Å². The minimum absolute atomic E-state index is 0.337. The van der Waals surface area contributed by atoms with Crippen molar-refractivity contribution in [3.8, 4) is 5.75 Å². The van der Waals surface area contributed by atoms with Crippen LogP contribution < -0.4 is 5.32 Å². The van der Waals surface area contributed by atoms with Crippen molar-refractivity contribution in [3.05, 3.63) is 29.8 Å². The first-order valence-corrected chi connectivity index (χ1v) is 7.04. The minimum Gasteiger partial charge on any atom is -0.508 e. The second kappa shape index (κ2) is 5.31. The standard InChI is InChI=1S/C16H25NO/c1-12(13-7-9-14(18)10-8-13)17-15-6-4-5-11-16(15,2)3/h7-10,12,15,17-18H,4-6,11H2,1-3H3. The van der Waals surface area contributed by atoms with E-state index in [4.69, 9.17) is 0 Å². The molecule has 0 aromatic heterocycles. The molecular weight excluding hydrogens is 222 g/mol. The van der Waals surface area contributed by atoms with Gasteiger partial charge in [0.25, 0.3) is 0 Å². The molecule has 1 fully saturated rings. The summed E-state index contributed by atoms with van der Waals surface area (Å²) in [6.45, 7) is 6.94. The molecule has 0 heterocycles. The fourth-order valence-electron chi connectivity index (χ4n) is 2.96. The van der Waals surface area contributed by atoms with Crippen LogP contribution in [0, 0.1) is 5.41 Å². The Morgan fingerprint density at radius 3 is 2.50 bits per heavy atom. The van der Waals surface area contributed by atoms with Crippen LogP contribution in [0.2, 0.25) is 0 Å². The quantitative estimate of drug-likeness (QED) is 0.845. The highest BCUT2D eigenvalue weighted by Crippen LogP contribution is 2.36. The highest BCUT2D eigenvalue weighted by molar-refractivity contribution is 5.27. The zero-order chi connectivity index (χ0) is 13.2. The lowest BCUT2D eigenvalue weighted by atomic mass is 9.73. The molecular formula is C16H25NO. The summed E-state index contributed by atoms with van der Waals surface area (Å²) in [6, 6.07) is 8.47. The normalized spacial score (nSPS) is 24.7. The summed E-state index contributed by atoms with van der Waals surface area (Å²) in [5, 5.41) is 13.1. The number of hydrogen-bond acceptors (Lipinski definition) is 2. The van der Waals surface area contributed by atoms with Crippen LogP contribution in [0.4, 0.5) is 0 Å². The molecule has 0 saturated heterocycles. The van der Waals surface area contributed by atoms with Crippen molar-refractivity contribution < 1.29 is 5.11 Å². The van der Waals surface area contributed by atoms with Gasteiger partial charge in [-0.2, -0.15) is 0 Å². The Hall–Kier alpha value is -1.02. The molecule has 2 heteroatoms. The largest absolute Gasteiger partial charge is 0.508 e. The average Bonchev–Trinajstić information content (AvgIpc) is 2.32. The summed E-state index contributed by atoms with van der Waals surface area (Å²) in [5.74, 6) is 0.337. The van der Waals surface area contributed by atoms with Gasteiger partial charge in [0.1, 0.15) is 5.75 Å². The van der Waals surface area contributed by atoms with Gasteiger partial charge in [-0.1, -0.05) is 38.8 Å². The molecule has 18 heavy (non-hydrogen) atoms. The van der Waals surface area contributed by atoms with E-state index in [-0.39, 0.29) is 0 Å². The number of benzene rings is 1. The van der Waals surface area contributed by atoms with Gasteiger partial charge in [0, 0.05) is 12.1 Å². The van der Waals surface area contributed by atoms with Gasteiger partial charge in [-0.05, 0) is 42.9 Å². The molecule has 1 aromatic rings. The summed E-state index contributed by atoms with van der Waals surface area (Å²) >= 11 is 0. The molecule has 100 valence electrons. The maximum Gasteiger partial charge on any atom is 0.115 e. The number of phenolic OH excluding ortho intramolecular Hbond substituents is 1. The zero-order valence-corrected chi connectivity index (χ0v) is 11.7. The summed E-state index contributed by atoms with van der Waals surface area (Å²) in [4.78, 5) is 0. The van der Waals surface area contributed by atoms with E-state index in [1.54, 1.807) is 12.1 Å². The Bertz CT molecular complexity index is 383. The lowest BCUT2D eigenvalue weighted by molar-refractivity contribution is 0.157. The first-order chi connectivity index (χ1) is 8.49. The highest BCUT2D eigenvalue weighted by Gasteiger charge is 2.32. The molecule has 1 aliphatic rings. The Morgan fingerprint density at radius 1 is 1.22 bits per heavy atom. The number of rotatable bonds is 3. The van der Waals surface area contributed by atoms with Gasteiger partial charge in [-0.15, -0.1) is 0 Å². The van der Waals surface area contributed by atoms with Crippen LogP contribution in [0.3, 0.4) is 0 Å². The van der Waals surface area contributed by atoms with Crippen molar-refractivity contribution in [3.63, 3.8) is 0 Å². The predicted molar refractivity (Wildman–Crippen MR) is 75.7 cm³/mol. The van der Waals surface area contributed by atoms with E-state index in [0.717, 1.165) is 0 Å². The predicted octanol–water partition coefficient (Wildman–Crippen LogP) is 4.01. The molecule has 0 spiro atoms. The molecule has 2 nitrogen and oxygen atoms in total. The maximum atomic E-state index is 9.32. The molecule has 1 saturated carbocycles. The fraction of sp³-hybridized carbons (Fsp3) is 0.625. The van der Waals surface area contributed by atoms with Crippen LogP contribution in [0.25, 0.3) is 0 Å². The van der Waals surface area contributed by atoms with Gasteiger partial charge in [0.2, 0.25) is 0 Å². The van der Waals surface area contributed by atoms with E-state index in [9.17, 15) is 5.11 Å². The SMILES string of the molecule is CC(NC1CCCCC1(C)C)c1ccc(O)cc1. The molecule has 2 N–H and O–H groups in total. The average molecular weight is 247 g/mol. The smallest absolute Gasteiger partial charge is 0.115 e. The molecule has 2 rings (SSSR count). The lowest BCUT2D eigenvalue weighted by Crippen LogP contribution is -2.45. The molecule has 0 radical (unpaired) electrons. The van der Waals surface area contributed by atoms with Crippen LogP contribution in [-0.2, 0) is 0 Å². The monoisotopic (exact) mass is 247 g/mol. The van der Waals surface area contributed by atoms with Gasteiger partial charge >= 0.3 is 0 Å².